The molecular weight excluding hydrogens is 432 g/mol. The maximum absolute atomic E-state index is 12.9. The summed E-state index contributed by atoms with van der Waals surface area (Å²) >= 11 is 0. The fourth-order valence-corrected chi connectivity index (χ4v) is 4.02. The second-order valence-electron chi connectivity index (χ2n) is 8.11. The molecule has 2 amide bonds. The zero-order chi connectivity index (χ0) is 23.7. The molecule has 170 valence electrons. The molecule has 0 radical (unpaired) electrons. The molecule has 3 aromatic carbocycles. The van der Waals surface area contributed by atoms with Gasteiger partial charge in [-0.2, -0.15) is 0 Å². The Morgan fingerprint density at radius 1 is 0.971 bits per heavy atom. The number of benzene rings is 3. The minimum atomic E-state index is -0.717. The van der Waals surface area contributed by atoms with Crippen LogP contribution in [0.25, 0.3) is 11.0 Å². The molecular formula is C27H22N2O5. The normalized spacial score (nSPS) is 15.0. The van der Waals surface area contributed by atoms with E-state index >= 15 is 0 Å². The minimum Gasteiger partial charge on any atom is -0.479 e. The molecule has 1 unspecified atom stereocenters. The van der Waals surface area contributed by atoms with Crippen LogP contribution in [0.1, 0.15) is 22.8 Å². The number of ether oxygens (including phenoxy) is 1. The van der Waals surface area contributed by atoms with E-state index in [0.29, 0.717) is 41.1 Å². The maximum atomic E-state index is 12.9. The van der Waals surface area contributed by atoms with Crippen molar-refractivity contribution in [3.05, 3.63) is 100 Å². The lowest BCUT2D eigenvalue weighted by Crippen LogP contribution is -2.45. The molecule has 0 saturated heterocycles. The van der Waals surface area contributed by atoms with E-state index in [4.69, 9.17) is 9.15 Å². The summed E-state index contributed by atoms with van der Waals surface area (Å²) in [7, 11) is 0. The number of rotatable bonds is 5. The van der Waals surface area contributed by atoms with Gasteiger partial charge >= 0.3 is 5.63 Å². The third kappa shape index (κ3) is 4.15. The Morgan fingerprint density at radius 3 is 2.56 bits per heavy atom. The molecule has 7 heteroatoms. The number of carbonyl (C=O) groups is 2. The monoisotopic (exact) mass is 454 g/mol. The quantitative estimate of drug-likeness (QED) is 0.452. The first-order valence-electron chi connectivity index (χ1n) is 11.0. The van der Waals surface area contributed by atoms with Crippen LogP contribution < -0.4 is 20.6 Å². The minimum absolute atomic E-state index is 0.0988. The zero-order valence-electron chi connectivity index (χ0n) is 18.5. The molecule has 0 aliphatic carbocycles. The number of para-hydroxylation sites is 1. The van der Waals surface area contributed by atoms with Crippen molar-refractivity contribution in [3.8, 4) is 5.75 Å². The molecule has 1 N–H and O–H groups in total. The largest absolute Gasteiger partial charge is 0.479 e. The number of hydrogen-bond acceptors (Lipinski definition) is 5. The van der Waals surface area contributed by atoms with Crippen LogP contribution in [0.15, 0.2) is 88.1 Å². The number of nitrogens with one attached hydrogen (secondary N) is 1. The van der Waals surface area contributed by atoms with Gasteiger partial charge in [0.15, 0.2) is 6.10 Å². The molecule has 0 fully saturated rings. The van der Waals surface area contributed by atoms with Crippen LogP contribution in [0.4, 0.5) is 11.4 Å². The summed E-state index contributed by atoms with van der Waals surface area (Å²) in [6.07, 6.45) is 0.0685. The molecule has 7 nitrogen and oxygen atoms in total. The summed E-state index contributed by atoms with van der Waals surface area (Å²) in [5.74, 6) is -0.183. The van der Waals surface area contributed by atoms with Crippen LogP contribution in [-0.2, 0) is 11.2 Å². The molecule has 4 aromatic rings. The lowest BCUT2D eigenvalue weighted by molar-refractivity contribution is -0.125. The van der Waals surface area contributed by atoms with Crippen LogP contribution in [-0.4, -0.2) is 24.5 Å². The van der Waals surface area contributed by atoms with E-state index in [1.807, 2.05) is 30.3 Å². The first-order chi connectivity index (χ1) is 16.5. The Kier molecular flexibility index (Phi) is 5.59. The van der Waals surface area contributed by atoms with Crippen molar-refractivity contribution in [1.29, 1.82) is 0 Å². The van der Waals surface area contributed by atoms with Gasteiger partial charge in [-0.1, -0.05) is 48.5 Å². The Bertz CT molecular complexity index is 1440. The van der Waals surface area contributed by atoms with E-state index in [-0.39, 0.29) is 11.5 Å². The van der Waals surface area contributed by atoms with Crippen molar-refractivity contribution in [1.82, 2.24) is 0 Å². The van der Waals surface area contributed by atoms with E-state index in [1.54, 1.807) is 54.3 Å². The van der Waals surface area contributed by atoms with Crippen molar-refractivity contribution in [2.45, 2.75) is 19.4 Å². The Hall–Kier alpha value is -4.39. The van der Waals surface area contributed by atoms with E-state index in [9.17, 15) is 14.4 Å². The first kappa shape index (κ1) is 21.5. The molecule has 1 aliphatic rings. The topological polar surface area (TPSA) is 88.8 Å². The number of amides is 2. The smallest absolute Gasteiger partial charge is 0.349 e. The molecule has 5 rings (SSSR count). The molecule has 1 aliphatic heterocycles. The van der Waals surface area contributed by atoms with Gasteiger partial charge in [-0.15, -0.1) is 0 Å². The molecule has 0 bridgehead atoms. The SMILES string of the molecule is CC1Oc2ccc(NC(=O)c3cc4ccccc4oc3=O)cc2N(CCc2ccccc2)C1=O. The summed E-state index contributed by atoms with van der Waals surface area (Å²) in [5, 5.41) is 3.39. The summed E-state index contributed by atoms with van der Waals surface area (Å²) in [6, 6.07) is 23.5. The summed E-state index contributed by atoms with van der Waals surface area (Å²) in [6.45, 7) is 2.19. The maximum Gasteiger partial charge on any atom is 0.349 e. The fourth-order valence-electron chi connectivity index (χ4n) is 4.02. The number of carbonyl (C=O) groups excluding carboxylic acids is 2. The van der Waals surface area contributed by atoms with Gasteiger partial charge in [-0.05, 0) is 49.2 Å². The third-order valence-corrected chi connectivity index (χ3v) is 5.78. The summed E-state index contributed by atoms with van der Waals surface area (Å²) < 4.78 is 11.0. The molecule has 34 heavy (non-hydrogen) atoms. The number of hydrogen-bond donors (Lipinski definition) is 1. The Labute approximate surface area is 195 Å². The predicted molar refractivity (Wildman–Crippen MR) is 129 cm³/mol. The van der Waals surface area contributed by atoms with E-state index in [1.165, 1.54) is 6.07 Å². The van der Waals surface area contributed by atoms with Crippen LogP contribution >= 0.6 is 0 Å². The summed E-state index contributed by atoms with van der Waals surface area (Å²) in [5.41, 5.74) is 1.72. The second kappa shape index (κ2) is 8.86. The average Bonchev–Trinajstić information content (AvgIpc) is 2.85. The van der Waals surface area contributed by atoms with Crippen LogP contribution in [0, 0.1) is 0 Å². The highest BCUT2D eigenvalue weighted by Crippen LogP contribution is 2.36. The lowest BCUT2D eigenvalue weighted by atomic mass is 10.1. The highest BCUT2D eigenvalue weighted by Gasteiger charge is 2.31. The molecule has 1 atom stereocenters. The van der Waals surface area contributed by atoms with Gasteiger partial charge in [0.2, 0.25) is 0 Å². The van der Waals surface area contributed by atoms with Crippen molar-refractivity contribution >= 4 is 34.2 Å². The van der Waals surface area contributed by atoms with Gasteiger partial charge in [0.1, 0.15) is 16.9 Å². The van der Waals surface area contributed by atoms with Gasteiger partial charge in [-0.3, -0.25) is 9.59 Å². The molecule has 0 spiro atoms. The summed E-state index contributed by atoms with van der Waals surface area (Å²) in [4.78, 5) is 39.8. The zero-order valence-corrected chi connectivity index (χ0v) is 18.5. The highest BCUT2D eigenvalue weighted by molar-refractivity contribution is 6.06. The van der Waals surface area contributed by atoms with E-state index < -0.39 is 17.6 Å². The average molecular weight is 454 g/mol. The Morgan fingerprint density at radius 2 is 1.74 bits per heavy atom. The van der Waals surface area contributed by atoms with Gasteiger partial charge in [0.05, 0.1) is 5.69 Å². The van der Waals surface area contributed by atoms with E-state index in [2.05, 4.69) is 5.32 Å². The highest BCUT2D eigenvalue weighted by atomic mass is 16.5. The van der Waals surface area contributed by atoms with E-state index in [0.717, 1.165) is 5.56 Å². The van der Waals surface area contributed by atoms with Crippen molar-refractivity contribution in [2.24, 2.45) is 0 Å². The number of nitrogens with zero attached hydrogens (tertiary/aromatic N) is 1. The van der Waals surface area contributed by atoms with Crippen molar-refractivity contribution in [2.75, 3.05) is 16.8 Å². The second-order valence-corrected chi connectivity index (χ2v) is 8.11. The molecule has 0 saturated carbocycles. The standard InChI is InChI=1S/C27H22N2O5/c1-17-26(31)29(14-13-18-7-3-2-4-8-18)22-16-20(11-12-24(22)33-17)28-25(30)21-15-19-9-5-6-10-23(19)34-27(21)32/h2-12,15-17H,13-14H2,1H3,(H,28,30). The van der Waals surface area contributed by atoms with Crippen molar-refractivity contribution < 1.29 is 18.7 Å². The number of fused-ring (bicyclic) bond motifs is 2. The first-order valence-corrected chi connectivity index (χ1v) is 11.0. The number of anilines is 2. The van der Waals surface area contributed by atoms with Crippen molar-refractivity contribution in [3.63, 3.8) is 0 Å². The van der Waals surface area contributed by atoms with Gasteiger partial charge in [-0.25, -0.2) is 4.79 Å². The van der Waals surface area contributed by atoms with Crippen LogP contribution in [0.3, 0.4) is 0 Å². The molecule has 2 heterocycles. The fraction of sp³-hybridized carbons (Fsp3) is 0.148. The van der Waals surface area contributed by atoms with Gasteiger partial charge < -0.3 is 19.4 Å². The van der Waals surface area contributed by atoms with Gasteiger partial charge in [0, 0.05) is 17.6 Å². The molecule has 1 aromatic heterocycles. The third-order valence-electron chi connectivity index (χ3n) is 5.78. The lowest BCUT2D eigenvalue weighted by Gasteiger charge is -2.33. The Balaban J connectivity index is 1.42. The van der Waals surface area contributed by atoms with Crippen LogP contribution in [0.5, 0.6) is 5.75 Å². The van der Waals surface area contributed by atoms with Crippen LogP contribution in [0.2, 0.25) is 0 Å². The predicted octanol–water partition coefficient (Wildman–Crippen LogP) is 4.40. The van der Waals surface area contributed by atoms with Gasteiger partial charge in [0.25, 0.3) is 11.8 Å².